The van der Waals surface area contributed by atoms with E-state index in [9.17, 15) is 4.79 Å². The lowest BCUT2D eigenvalue weighted by atomic mass is 10.2. The van der Waals surface area contributed by atoms with Crippen molar-refractivity contribution < 1.29 is 0 Å². The Labute approximate surface area is 115 Å². The van der Waals surface area contributed by atoms with Crippen LogP contribution in [-0.4, -0.2) is 41.0 Å². The summed E-state index contributed by atoms with van der Waals surface area (Å²) in [7, 11) is 2.12. The lowest BCUT2D eigenvalue weighted by Gasteiger charge is -2.20. The van der Waals surface area contributed by atoms with Gasteiger partial charge in [-0.15, -0.1) is 0 Å². The van der Waals surface area contributed by atoms with Crippen LogP contribution in [0.3, 0.4) is 0 Å². The van der Waals surface area contributed by atoms with Crippen molar-refractivity contribution in [3.8, 4) is 0 Å². The second-order valence-corrected chi connectivity index (χ2v) is 5.53. The molecular weight excluding hydrogens is 240 g/mol. The van der Waals surface area contributed by atoms with Gasteiger partial charge in [0.05, 0.1) is 0 Å². The van der Waals surface area contributed by atoms with E-state index >= 15 is 0 Å². The van der Waals surface area contributed by atoms with E-state index in [1.807, 2.05) is 13.8 Å². The quantitative estimate of drug-likeness (QED) is 0.741. The summed E-state index contributed by atoms with van der Waals surface area (Å²) in [5.41, 5.74) is -0.0968. The topological polar surface area (TPSA) is 61.0 Å². The predicted molar refractivity (Wildman–Crippen MR) is 79.8 cm³/mol. The van der Waals surface area contributed by atoms with Crippen molar-refractivity contribution >= 4 is 5.82 Å². The minimum Gasteiger partial charge on any atom is -0.370 e. The Balaban J connectivity index is 2.47. The maximum absolute atomic E-state index is 11.5. The van der Waals surface area contributed by atoms with E-state index in [-0.39, 0.29) is 11.5 Å². The largest absolute Gasteiger partial charge is 0.370 e. The molecule has 5 nitrogen and oxygen atoms in total. The molecule has 0 aliphatic heterocycles. The highest BCUT2D eigenvalue weighted by molar-refractivity contribution is 5.33. The molecule has 5 heteroatoms. The molecule has 0 atom stereocenters. The SMILES string of the molecule is CC(C)c1nc(NCCCN(C)C(C)C)cc(=O)[nH]1. The second kappa shape index (κ2) is 7.28. The van der Waals surface area contributed by atoms with Gasteiger partial charge in [-0.3, -0.25) is 4.79 Å². The van der Waals surface area contributed by atoms with E-state index in [1.165, 1.54) is 6.07 Å². The number of rotatable bonds is 7. The van der Waals surface area contributed by atoms with Crippen molar-refractivity contribution in [1.82, 2.24) is 14.9 Å². The third-order valence-electron chi connectivity index (χ3n) is 3.18. The fraction of sp³-hybridized carbons (Fsp3) is 0.714. The average molecular weight is 266 g/mol. The molecule has 19 heavy (non-hydrogen) atoms. The zero-order chi connectivity index (χ0) is 14.4. The van der Waals surface area contributed by atoms with Crippen LogP contribution in [0.2, 0.25) is 0 Å². The summed E-state index contributed by atoms with van der Waals surface area (Å²) >= 11 is 0. The van der Waals surface area contributed by atoms with Crippen LogP contribution >= 0.6 is 0 Å². The van der Waals surface area contributed by atoms with Gasteiger partial charge in [-0.2, -0.15) is 0 Å². The number of anilines is 1. The molecule has 0 radical (unpaired) electrons. The summed E-state index contributed by atoms with van der Waals surface area (Å²) in [5, 5.41) is 3.22. The second-order valence-electron chi connectivity index (χ2n) is 5.53. The van der Waals surface area contributed by atoms with Crippen molar-refractivity contribution in [3.63, 3.8) is 0 Å². The van der Waals surface area contributed by atoms with Crippen molar-refractivity contribution in [3.05, 3.63) is 22.2 Å². The molecule has 2 N–H and O–H groups in total. The first kappa shape index (κ1) is 15.7. The molecule has 1 heterocycles. The average Bonchev–Trinajstić information content (AvgIpc) is 2.33. The van der Waals surface area contributed by atoms with Gasteiger partial charge >= 0.3 is 0 Å². The van der Waals surface area contributed by atoms with Gasteiger partial charge in [-0.25, -0.2) is 4.98 Å². The number of nitrogens with zero attached hydrogens (tertiary/aromatic N) is 2. The van der Waals surface area contributed by atoms with Crippen LogP contribution in [0.5, 0.6) is 0 Å². The van der Waals surface area contributed by atoms with Crippen LogP contribution in [0.4, 0.5) is 5.82 Å². The zero-order valence-corrected chi connectivity index (χ0v) is 12.7. The molecule has 0 aromatic carbocycles. The molecule has 0 aliphatic carbocycles. The molecule has 0 spiro atoms. The van der Waals surface area contributed by atoms with Gasteiger partial charge in [0.25, 0.3) is 5.56 Å². The Morgan fingerprint density at radius 3 is 2.63 bits per heavy atom. The Bertz CT molecular complexity index is 439. The summed E-state index contributed by atoms with van der Waals surface area (Å²) < 4.78 is 0. The molecule has 1 rings (SSSR count). The van der Waals surface area contributed by atoms with Gasteiger partial charge in [0.15, 0.2) is 0 Å². The number of hydrogen-bond donors (Lipinski definition) is 2. The number of aromatic nitrogens is 2. The van der Waals surface area contributed by atoms with Crippen molar-refractivity contribution in [1.29, 1.82) is 0 Å². The van der Waals surface area contributed by atoms with Crippen LogP contribution in [0.25, 0.3) is 0 Å². The van der Waals surface area contributed by atoms with Gasteiger partial charge in [0.1, 0.15) is 11.6 Å². The third-order valence-corrected chi connectivity index (χ3v) is 3.18. The van der Waals surface area contributed by atoms with Crippen molar-refractivity contribution in [2.24, 2.45) is 0 Å². The van der Waals surface area contributed by atoms with E-state index < -0.39 is 0 Å². The Kier molecular flexibility index (Phi) is 6.02. The minimum absolute atomic E-state index is 0.0968. The highest BCUT2D eigenvalue weighted by Gasteiger charge is 2.05. The van der Waals surface area contributed by atoms with Gasteiger partial charge in [0.2, 0.25) is 0 Å². The van der Waals surface area contributed by atoms with Gasteiger partial charge in [0, 0.05) is 24.6 Å². The Morgan fingerprint density at radius 2 is 2.05 bits per heavy atom. The molecule has 0 saturated carbocycles. The summed E-state index contributed by atoms with van der Waals surface area (Å²) in [4.78, 5) is 21.0. The zero-order valence-electron chi connectivity index (χ0n) is 12.7. The van der Waals surface area contributed by atoms with Crippen LogP contribution in [-0.2, 0) is 0 Å². The summed E-state index contributed by atoms with van der Waals surface area (Å²) in [6.45, 7) is 10.2. The van der Waals surface area contributed by atoms with E-state index in [0.29, 0.717) is 11.9 Å². The first-order valence-electron chi connectivity index (χ1n) is 6.95. The molecule has 0 unspecified atom stereocenters. The summed E-state index contributed by atoms with van der Waals surface area (Å²) in [6.07, 6.45) is 1.03. The maximum Gasteiger partial charge on any atom is 0.252 e. The van der Waals surface area contributed by atoms with Gasteiger partial charge in [-0.05, 0) is 33.9 Å². The van der Waals surface area contributed by atoms with Crippen molar-refractivity contribution in [2.45, 2.75) is 46.1 Å². The highest BCUT2D eigenvalue weighted by atomic mass is 16.1. The number of nitrogens with one attached hydrogen (secondary N) is 2. The van der Waals surface area contributed by atoms with E-state index in [1.54, 1.807) is 0 Å². The monoisotopic (exact) mass is 266 g/mol. The van der Waals surface area contributed by atoms with E-state index in [2.05, 4.69) is 41.1 Å². The predicted octanol–water partition coefficient (Wildman–Crippen LogP) is 2.04. The molecule has 0 fully saturated rings. The lowest BCUT2D eigenvalue weighted by molar-refractivity contribution is 0.273. The van der Waals surface area contributed by atoms with Gasteiger partial charge < -0.3 is 15.2 Å². The lowest BCUT2D eigenvalue weighted by Crippen LogP contribution is -2.28. The molecular formula is C14H26N4O. The normalized spacial score (nSPS) is 11.6. The summed E-state index contributed by atoms with van der Waals surface area (Å²) in [5.74, 6) is 1.62. The maximum atomic E-state index is 11.5. The van der Waals surface area contributed by atoms with E-state index in [0.717, 1.165) is 25.3 Å². The Hall–Kier alpha value is -1.36. The molecule has 0 amide bonds. The fourth-order valence-corrected chi connectivity index (χ4v) is 1.64. The summed E-state index contributed by atoms with van der Waals surface area (Å²) in [6, 6.07) is 2.07. The molecule has 1 aromatic rings. The first-order valence-corrected chi connectivity index (χ1v) is 6.95. The number of hydrogen-bond acceptors (Lipinski definition) is 4. The molecule has 0 saturated heterocycles. The molecule has 108 valence electrons. The first-order chi connectivity index (χ1) is 8.90. The molecule has 0 aliphatic rings. The molecule has 1 aromatic heterocycles. The molecule has 0 bridgehead atoms. The standard InChI is InChI=1S/C14H26N4O/c1-10(2)14-16-12(9-13(19)17-14)15-7-6-8-18(5)11(3)4/h9-11H,6-8H2,1-5H3,(H2,15,16,17,19). The number of H-pyrrole nitrogens is 1. The number of aromatic amines is 1. The van der Waals surface area contributed by atoms with Crippen molar-refractivity contribution in [2.75, 3.05) is 25.5 Å². The minimum atomic E-state index is -0.0968. The van der Waals surface area contributed by atoms with Crippen LogP contribution in [0, 0.1) is 0 Å². The van der Waals surface area contributed by atoms with Gasteiger partial charge in [-0.1, -0.05) is 13.8 Å². The van der Waals surface area contributed by atoms with Crippen LogP contribution < -0.4 is 10.9 Å². The fourth-order valence-electron chi connectivity index (χ4n) is 1.64. The van der Waals surface area contributed by atoms with E-state index in [4.69, 9.17) is 0 Å². The third kappa shape index (κ3) is 5.42. The Morgan fingerprint density at radius 1 is 1.37 bits per heavy atom. The van der Waals surface area contributed by atoms with Crippen LogP contribution in [0.15, 0.2) is 10.9 Å². The van der Waals surface area contributed by atoms with Crippen LogP contribution in [0.1, 0.15) is 45.9 Å². The highest BCUT2D eigenvalue weighted by Crippen LogP contribution is 2.09. The smallest absolute Gasteiger partial charge is 0.252 e.